The number of benzene rings is 1. The van der Waals surface area contributed by atoms with Gasteiger partial charge in [0.1, 0.15) is 0 Å². The monoisotopic (exact) mass is 179 g/mol. The molecule has 1 rings (SSSR count). The van der Waals surface area contributed by atoms with Crippen molar-refractivity contribution in [3.05, 3.63) is 30.3 Å². The van der Waals surface area contributed by atoms with Gasteiger partial charge in [-0.3, -0.25) is 4.79 Å². The molecular formula is C10H13NO2. The third-order valence-electron chi connectivity index (χ3n) is 1.67. The summed E-state index contributed by atoms with van der Waals surface area (Å²) in [7, 11) is 0. The second-order valence-corrected chi connectivity index (χ2v) is 3.01. The third-order valence-corrected chi connectivity index (χ3v) is 1.67. The Balaban J connectivity index is 2.45. The molecule has 0 unspecified atom stereocenters. The van der Waals surface area contributed by atoms with Crippen LogP contribution in [0.25, 0.3) is 0 Å². The Morgan fingerprint density at radius 2 is 2.08 bits per heavy atom. The van der Waals surface area contributed by atoms with Gasteiger partial charge in [-0.05, 0) is 19.1 Å². The highest BCUT2D eigenvalue weighted by Gasteiger charge is 2.05. The lowest BCUT2D eigenvalue weighted by Gasteiger charge is -2.12. The molecule has 3 nitrogen and oxygen atoms in total. The lowest BCUT2D eigenvalue weighted by atomic mass is 10.2. The number of carboxylic acids is 1. The van der Waals surface area contributed by atoms with E-state index in [2.05, 4.69) is 5.32 Å². The highest BCUT2D eigenvalue weighted by atomic mass is 16.4. The maximum absolute atomic E-state index is 10.4. The molecule has 0 aromatic heterocycles. The van der Waals surface area contributed by atoms with Crippen LogP contribution in [0, 0.1) is 0 Å². The van der Waals surface area contributed by atoms with Gasteiger partial charge in [-0.2, -0.15) is 0 Å². The van der Waals surface area contributed by atoms with E-state index in [1.54, 1.807) is 0 Å². The van der Waals surface area contributed by atoms with Gasteiger partial charge in [-0.1, -0.05) is 18.2 Å². The van der Waals surface area contributed by atoms with Gasteiger partial charge in [0.2, 0.25) is 0 Å². The molecule has 0 radical (unpaired) electrons. The van der Waals surface area contributed by atoms with Gasteiger partial charge in [0.25, 0.3) is 0 Å². The molecule has 0 aliphatic rings. The van der Waals surface area contributed by atoms with Crippen molar-refractivity contribution in [1.82, 2.24) is 0 Å². The standard InChI is InChI=1S/C10H13NO2/c1-8(7-10(12)13)11-9-5-3-2-4-6-9/h2-6,8,11H,7H2,1H3,(H,12,13)/t8-/m0/s1. The van der Waals surface area contributed by atoms with E-state index in [4.69, 9.17) is 5.11 Å². The number of rotatable bonds is 4. The van der Waals surface area contributed by atoms with Crippen LogP contribution in [0.3, 0.4) is 0 Å². The van der Waals surface area contributed by atoms with Crippen LogP contribution in [-0.4, -0.2) is 17.1 Å². The Hall–Kier alpha value is -1.51. The number of carbonyl (C=O) groups is 1. The molecule has 2 N–H and O–H groups in total. The van der Waals surface area contributed by atoms with Crippen LogP contribution in [-0.2, 0) is 4.79 Å². The Morgan fingerprint density at radius 1 is 1.46 bits per heavy atom. The molecule has 1 aromatic carbocycles. The lowest BCUT2D eigenvalue weighted by molar-refractivity contribution is -0.137. The first-order chi connectivity index (χ1) is 6.18. The largest absolute Gasteiger partial charge is 0.481 e. The fraction of sp³-hybridized carbons (Fsp3) is 0.300. The highest BCUT2D eigenvalue weighted by Crippen LogP contribution is 2.08. The van der Waals surface area contributed by atoms with E-state index in [0.717, 1.165) is 5.69 Å². The molecule has 0 spiro atoms. The summed E-state index contributed by atoms with van der Waals surface area (Å²) in [5.74, 6) is -0.782. The molecule has 0 aliphatic carbocycles. The SMILES string of the molecule is C[C@@H](CC(=O)O)Nc1ccccc1. The number of hydrogen-bond acceptors (Lipinski definition) is 2. The third kappa shape index (κ3) is 3.60. The molecule has 0 saturated heterocycles. The normalized spacial score (nSPS) is 12.1. The van der Waals surface area contributed by atoms with E-state index in [1.165, 1.54) is 0 Å². The minimum atomic E-state index is -0.782. The Kier molecular flexibility index (Phi) is 3.31. The zero-order chi connectivity index (χ0) is 9.68. The van der Waals surface area contributed by atoms with Crippen LogP contribution in [0.15, 0.2) is 30.3 Å². The van der Waals surface area contributed by atoms with E-state index in [1.807, 2.05) is 37.3 Å². The van der Waals surface area contributed by atoms with Crippen LogP contribution in [0.5, 0.6) is 0 Å². The molecule has 0 aliphatic heterocycles. The first-order valence-electron chi connectivity index (χ1n) is 4.22. The topological polar surface area (TPSA) is 49.3 Å². The summed E-state index contributed by atoms with van der Waals surface area (Å²) in [6, 6.07) is 9.54. The number of carboxylic acid groups (broad SMARTS) is 1. The van der Waals surface area contributed by atoms with E-state index >= 15 is 0 Å². The second kappa shape index (κ2) is 4.50. The first-order valence-corrected chi connectivity index (χ1v) is 4.22. The van der Waals surface area contributed by atoms with Crippen molar-refractivity contribution in [2.45, 2.75) is 19.4 Å². The summed E-state index contributed by atoms with van der Waals surface area (Å²) in [6.07, 6.45) is 0.134. The van der Waals surface area contributed by atoms with Gasteiger partial charge in [-0.25, -0.2) is 0 Å². The fourth-order valence-corrected chi connectivity index (χ4v) is 1.13. The van der Waals surface area contributed by atoms with Crippen LogP contribution in [0.2, 0.25) is 0 Å². The van der Waals surface area contributed by atoms with Crippen LogP contribution in [0.1, 0.15) is 13.3 Å². The zero-order valence-electron chi connectivity index (χ0n) is 7.53. The van der Waals surface area contributed by atoms with E-state index in [0.29, 0.717) is 0 Å². The summed E-state index contributed by atoms with van der Waals surface area (Å²) in [5.41, 5.74) is 0.955. The quantitative estimate of drug-likeness (QED) is 0.742. The summed E-state index contributed by atoms with van der Waals surface area (Å²) < 4.78 is 0. The molecule has 0 bridgehead atoms. The molecule has 1 aromatic rings. The number of aliphatic carboxylic acids is 1. The number of para-hydroxylation sites is 1. The van der Waals surface area contributed by atoms with Crippen molar-refractivity contribution in [2.24, 2.45) is 0 Å². The van der Waals surface area contributed by atoms with Crippen molar-refractivity contribution in [3.8, 4) is 0 Å². The van der Waals surface area contributed by atoms with Crippen molar-refractivity contribution < 1.29 is 9.90 Å². The molecule has 13 heavy (non-hydrogen) atoms. The van der Waals surface area contributed by atoms with E-state index in [9.17, 15) is 4.79 Å². The zero-order valence-corrected chi connectivity index (χ0v) is 7.53. The van der Waals surface area contributed by atoms with Crippen molar-refractivity contribution >= 4 is 11.7 Å². The van der Waals surface area contributed by atoms with Crippen LogP contribution in [0.4, 0.5) is 5.69 Å². The molecule has 3 heteroatoms. The lowest BCUT2D eigenvalue weighted by Crippen LogP contribution is -2.19. The van der Waals surface area contributed by atoms with Gasteiger partial charge >= 0.3 is 5.97 Å². The van der Waals surface area contributed by atoms with Crippen LogP contribution >= 0.6 is 0 Å². The summed E-state index contributed by atoms with van der Waals surface area (Å²) in [5, 5.41) is 11.6. The number of nitrogens with one attached hydrogen (secondary N) is 1. The van der Waals surface area contributed by atoms with E-state index < -0.39 is 5.97 Å². The molecule has 0 fully saturated rings. The molecule has 70 valence electrons. The maximum atomic E-state index is 10.4. The van der Waals surface area contributed by atoms with Gasteiger partial charge in [0.05, 0.1) is 6.42 Å². The van der Waals surface area contributed by atoms with Gasteiger partial charge in [-0.15, -0.1) is 0 Å². The van der Waals surface area contributed by atoms with Gasteiger partial charge < -0.3 is 10.4 Å². The van der Waals surface area contributed by atoms with Crippen molar-refractivity contribution in [3.63, 3.8) is 0 Å². The number of hydrogen-bond donors (Lipinski definition) is 2. The Bertz CT molecular complexity index is 272. The second-order valence-electron chi connectivity index (χ2n) is 3.01. The van der Waals surface area contributed by atoms with E-state index in [-0.39, 0.29) is 12.5 Å². The number of anilines is 1. The molecular weight excluding hydrogens is 166 g/mol. The van der Waals surface area contributed by atoms with Crippen molar-refractivity contribution in [1.29, 1.82) is 0 Å². The Morgan fingerprint density at radius 3 is 2.62 bits per heavy atom. The summed E-state index contributed by atoms with van der Waals surface area (Å²) in [6.45, 7) is 1.85. The predicted octanol–water partition coefficient (Wildman–Crippen LogP) is 1.96. The average Bonchev–Trinajstić information content (AvgIpc) is 2.04. The molecule has 0 heterocycles. The fourth-order valence-electron chi connectivity index (χ4n) is 1.13. The Labute approximate surface area is 77.4 Å². The predicted molar refractivity (Wildman–Crippen MR) is 51.8 cm³/mol. The van der Waals surface area contributed by atoms with Crippen LogP contribution < -0.4 is 5.32 Å². The van der Waals surface area contributed by atoms with Crippen molar-refractivity contribution in [2.75, 3.05) is 5.32 Å². The van der Waals surface area contributed by atoms with Gasteiger partial charge in [0.15, 0.2) is 0 Å². The molecule has 0 amide bonds. The maximum Gasteiger partial charge on any atom is 0.305 e. The molecule has 1 atom stereocenters. The molecule has 0 saturated carbocycles. The minimum absolute atomic E-state index is 0.0418. The van der Waals surface area contributed by atoms with Gasteiger partial charge in [0, 0.05) is 11.7 Å². The summed E-state index contributed by atoms with van der Waals surface area (Å²) in [4.78, 5) is 10.4. The first kappa shape index (κ1) is 9.58. The smallest absolute Gasteiger partial charge is 0.305 e. The summed E-state index contributed by atoms with van der Waals surface area (Å²) >= 11 is 0. The average molecular weight is 179 g/mol. The highest BCUT2D eigenvalue weighted by molar-refractivity contribution is 5.68. The minimum Gasteiger partial charge on any atom is -0.481 e.